The summed E-state index contributed by atoms with van der Waals surface area (Å²) < 4.78 is 0. The summed E-state index contributed by atoms with van der Waals surface area (Å²) in [6, 6.07) is 12.2. The Morgan fingerprint density at radius 2 is 1.95 bits per heavy atom. The molecule has 0 aliphatic rings. The van der Waals surface area contributed by atoms with Gasteiger partial charge < -0.3 is 5.73 Å². The number of rotatable bonds is 3. The summed E-state index contributed by atoms with van der Waals surface area (Å²) in [7, 11) is 0. The Labute approximate surface area is 116 Å². The van der Waals surface area contributed by atoms with Crippen LogP contribution in [0.3, 0.4) is 0 Å². The first kappa shape index (κ1) is 12.3. The van der Waals surface area contributed by atoms with Crippen LogP contribution in [-0.2, 0) is 13.0 Å². The van der Waals surface area contributed by atoms with Gasteiger partial charge in [0.25, 0.3) is 0 Å². The van der Waals surface area contributed by atoms with Gasteiger partial charge in [0.2, 0.25) is 0 Å². The lowest BCUT2D eigenvalue weighted by atomic mass is 10.2. The first-order valence-corrected chi connectivity index (χ1v) is 7.18. The van der Waals surface area contributed by atoms with Crippen LogP contribution in [0.15, 0.2) is 36.4 Å². The average Bonchev–Trinajstić information content (AvgIpc) is 2.90. The Hall–Kier alpha value is -1.78. The number of hydrogen-bond acceptors (Lipinski definition) is 4. The van der Waals surface area contributed by atoms with Crippen molar-refractivity contribution in [2.24, 2.45) is 5.73 Å². The zero-order valence-corrected chi connectivity index (χ0v) is 11.6. The third-order valence-electron chi connectivity index (χ3n) is 3.12. The maximum atomic E-state index is 5.76. The van der Waals surface area contributed by atoms with E-state index in [1.165, 1.54) is 0 Å². The van der Waals surface area contributed by atoms with Gasteiger partial charge in [-0.15, -0.1) is 11.3 Å². The second-order valence-corrected chi connectivity index (χ2v) is 5.42. The van der Waals surface area contributed by atoms with Crippen molar-refractivity contribution < 1.29 is 0 Å². The molecule has 19 heavy (non-hydrogen) atoms. The molecule has 3 nitrogen and oxygen atoms in total. The minimum absolute atomic E-state index is 0.550. The average molecular weight is 269 g/mol. The molecule has 0 aliphatic heterocycles. The van der Waals surface area contributed by atoms with Crippen LogP contribution in [0.1, 0.15) is 17.5 Å². The summed E-state index contributed by atoms with van der Waals surface area (Å²) in [5, 5.41) is 2.11. The number of aryl methyl sites for hydroxylation is 1. The lowest BCUT2D eigenvalue weighted by Crippen LogP contribution is -1.96. The summed E-state index contributed by atoms with van der Waals surface area (Å²) in [6.45, 7) is 2.65. The maximum Gasteiger partial charge on any atom is 0.142 e. The Kier molecular flexibility index (Phi) is 3.27. The Morgan fingerprint density at radius 3 is 2.68 bits per heavy atom. The minimum Gasteiger partial charge on any atom is -0.326 e. The molecule has 4 heteroatoms. The smallest absolute Gasteiger partial charge is 0.142 e. The molecule has 0 spiro atoms. The number of hydrogen-bond donors (Lipinski definition) is 1. The highest BCUT2D eigenvalue weighted by Crippen LogP contribution is 2.28. The van der Waals surface area contributed by atoms with Crippen molar-refractivity contribution in [2.75, 3.05) is 0 Å². The van der Waals surface area contributed by atoms with E-state index >= 15 is 0 Å². The standard InChI is InChI=1S/C15H15N3S/c1-2-11-14(9-16)19-15(18-11)13-8-7-10-5-3-4-6-12(10)17-13/h3-8H,2,9,16H2,1H3. The summed E-state index contributed by atoms with van der Waals surface area (Å²) in [4.78, 5) is 10.5. The first-order valence-electron chi connectivity index (χ1n) is 6.36. The summed E-state index contributed by atoms with van der Waals surface area (Å²) >= 11 is 1.65. The fourth-order valence-electron chi connectivity index (χ4n) is 2.11. The molecular weight excluding hydrogens is 254 g/mol. The molecule has 0 bridgehead atoms. The highest BCUT2D eigenvalue weighted by atomic mass is 32.1. The molecule has 1 aromatic carbocycles. The number of thiazole rings is 1. The topological polar surface area (TPSA) is 51.8 Å². The second kappa shape index (κ2) is 5.07. The van der Waals surface area contributed by atoms with Gasteiger partial charge in [0.1, 0.15) is 5.01 Å². The molecule has 2 aromatic heterocycles. The number of aromatic nitrogens is 2. The fraction of sp³-hybridized carbons (Fsp3) is 0.200. The highest BCUT2D eigenvalue weighted by molar-refractivity contribution is 7.15. The van der Waals surface area contributed by atoms with Crippen molar-refractivity contribution in [1.29, 1.82) is 0 Å². The number of pyridine rings is 1. The van der Waals surface area contributed by atoms with E-state index in [2.05, 4.69) is 29.0 Å². The van der Waals surface area contributed by atoms with E-state index in [1.54, 1.807) is 11.3 Å². The number of nitrogens with zero attached hydrogens (tertiary/aromatic N) is 2. The van der Waals surface area contributed by atoms with Crippen LogP contribution in [0.5, 0.6) is 0 Å². The predicted octanol–water partition coefficient (Wildman–Crippen LogP) is 3.38. The fourth-order valence-corrected chi connectivity index (χ4v) is 3.11. The number of benzene rings is 1. The van der Waals surface area contributed by atoms with Gasteiger partial charge in [-0.3, -0.25) is 0 Å². The van der Waals surface area contributed by atoms with Gasteiger partial charge in [-0.1, -0.05) is 31.2 Å². The van der Waals surface area contributed by atoms with Crippen molar-refractivity contribution in [2.45, 2.75) is 19.9 Å². The normalized spacial score (nSPS) is 11.1. The van der Waals surface area contributed by atoms with E-state index in [1.807, 2.05) is 24.3 Å². The van der Waals surface area contributed by atoms with Gasteiger partial charge in [-0.2, -0.15) is 0 Å². The van der Waals surface area contributed by atoms with E-state index in [0.29, 0.717) is 6.54 Å². The Balaban J connectivity index is 2.10. The molecule has 3 rings (SSSR count). The van der Waals surface area contributed by atoms with E-state index in [-0.39, 0.29) is 0 Å². The van der Waals surface area contributed by atoms with Gasteiger partial charge in [0.05, 0.1) is 16.9 Å². The molecular formula is C15H15N3S. The van der Waals surface area contributed by atoms with Crippen LogP contribution < -0.4 is 5.73 Å². The third kappa shape index (κ3) is 2.25. The molecule has 0 atom stereocenters. The van der Waals surface area contributed by atoms with Gasteiger partial charge >= 0.3 is 0 Å². The molecule has 2 heterocycles. The third-order valence-corrected chi connectivity index (χ3v) is 4.26. The van der Waals surface area contributed by atoms with Crippen LogP contribution in [-0.4, -0.2) is 9.97 Å². The largest absolute Gasteiger partial charge is 0.326 e. The van der Waals surface area contributed by atoms with Gasteiger partial charge in [-0.05, 0) is 18.6 Å². The maximum absolute atomic E-state index is 5.76. The Morgan fingerprint density at radius 1 is 1.11 bits per heavy atom. The monoisotopic (exact) mass is 269 g/mol. The highest BCUT2D eigenvalue weighted by Gasteiger charge is 2.11. The lowest BCUT2D eigenvalue weighted by Gasteiger charge is -1.99. The zero-order valence-electron chi connectivity index (χ0n) is 10.8. The molecule has 0 amide bonds. The van der Waals surface area contributed by atoms with Crippen molar-refractivity contribution >= 4 is 22.2 Å². The molecule has 2 N–H and O–H groups in total. The second-order valence-electron chi connectivity index (χ2n) is 4.34. The first-order chi connectivity index (χ1) is 9.31. The number of fused-ring (bicyclic) bond motifs is 1. The quantitative estimate of drug-likeness (QED) is 0.793. The van der Waals surface area contributed by atoms with Gasteiger partial charge in [0, 0.05) is 16.8 Å². The van der Waals surface area contributed by atoms with Crippen LogP contribution in [0.25, 0.3) is 21.6 Å². The molecule has 0 fully saturated rings. The summed E-state index contributed by atoms with van der Waals surface area (Å²) in [5.41, 5.74) is 8.78. The van der Waals surface area contributed by atoms with Crippen LogP contribution in [0.4, 0.5) is 0 Å². The molecule has 0 saturated carbocycles. The molecule has 0 saturated heterocycles. The Bertz CT molecular complexity index is 697. The molecule has 96 valence electrons. The van der Waals surface area contributed by atoms with Gasteiger partial charge in [0.15, 0.2) is 0 Å². The molecule has 0 aliphatic carbocycles. The van der Waals surface area contributed by atoms with E-state index in [0.717, 1.165) is 38.6 Å². The predicted molar refractivity (Wildman–Crippen MR) is 80.1 cm³/mol. The van der Waals surface area contributed by atoms with Crippen molar-refractivity contribution in [3.63, 3.8) is 0 Å². The van der Waals surface area contributed by atoms with Crippen molar-refractivity contribution in [3.05, 3.63) is 47.0 Å². The zero-order chi connectivity index (χ0) is 13.2. The van der Waals surface area contributed by atoms with Crippen LogP contribution >= 0.6 is 11.3 Å². The molecule has 0 radical (unpaired) electrons. The molecule has 0 unspecified atom stereocenters. The molecule has 3 aromatic rings. The van der Waals surface area contributed by atoms with E-state index in [4.69, 9.17) is 5.73 Å². The van der Waals surface area contributed by atoms with Crippen molar-refractivity contribution in [1.82, 2.24) is 9.97 Å². The minimum atomic E-state index is 0.550. The lowest BCUT2D eigenvalue weighted by molar-refractivity contribution is 0.988. The van der Waals surface area contributed by atoms with Crippen LogP contribution in [0, 0.1) is 0 Å². The van der Waals surface area contributed by atoms with Crippen LogP contribution in [0.2, 0.25) is 0 Å². The van der Waals surface area contributed by atoms with Crippen molar-refractivity contribution in [3.8, 4) is 10.7 Å². The van der Waals surface area contributed by atoms with Gasteiger partial charge in [-0.25, -0.2) is 9.97 Å². The number of para-hydroxylation sites is 1. The van der Waals surface area contributed by atoms with E-state index in [9.17, 15) is 0 Å². The SMILES string of the molecule is CCc1nc(-c2ccc3ccccc3n2)sc1CN. The number of nitrogens with two attached hydrogens (primary N) is 1. The van der Waals surface area contributed by atoms with E-state index < -0.39 is 0 Å². The summed E-state index contributed by atoms with van der Waals surface area (Å²) in [6.07, 6.45) is 0.913. The summed E-state index contributed by atoms with van der Waals surface area (Å²) in [5.74, 6) is 0.